The van der Waals surface area contributed by atoms with Crippen LogP contribution < -0.4 is 10.2 Å². The maximum absolute atomic E-state index is 4.98. The molecule has 11 heteroatoms. The number of fused-ring (bicyclic) bond motifs is 2. The van der Waals surface area contributed by atoms with Crippen LogP contribution in [0.1, 0.15) is 11.5 Å². The average Bonchev–Trinajstić information content (AvgIpc) is 3.44. The van der Waals surface area contributed by atoms with Crippen molar-refractivity contribution in [2.24, 2.45) is 0 Å². The number of nitrogens with zero attached hydrogens (tertiary/aromatic N) is 10. The quantitative estimate of drug-likeness (QED) is 0.414. The largest absolute Gasteiger partial charge is 0.370 e. The van der Waals surface area contributed by atoms with Crippen LogP contribution in [-0.4, -0.2) is 84.3 Å². The third-order valence-corrected chi connectivity index (χ3v) is 6.52. The Morgan fingerprint density at radius 1 is 1.03 bits per heavy atom. The van der Waals surface area contributed by atoms with E-state index in [2.05, 4.69) is 48.0 Å². The summed E-state index contributed by atoms with van der Waals surface area (Å²) < 4.78 is 4.11. The smallest absolute Gasteiger partial charge is 0.203 e. The molecule has 5 aromatic heterocycles. The molecule has 1 saturated heterocycles. The van der Waals surface area contributed by atoms with Crippen LogP contribution in [0.2, 0.25) is 0 Å². The standard InChI is InChI=1S/C24H27N11/c1-16-30-31-24-22(25-2)28-19(15-34(16)24)23-29-18-13-27-21(33-10-8-32(3)9-11-33)12-20(18)35(23)14-17-6-4-5-7-26-17/h4-7,12-13,15H,8-11,14H2,1-3H3,(H,25,28). The van der Waals surface area contributed by atoms with Crippen LogP contribution in [0.25, 0.3) is 28.2 Å². The van der Waals surface area contributed by atoms with Crippen LogP contribution in [0.4, 0.5) is 11.6 Å². The highest BCUT2D eigenvalue weighted by Gasteiger charge is 2.21. The summed E-state index contributed by atoms with van der Waals surface area (Å²) in [4.78, 5) is 23.8. The van der Waals surface area contributed by atoms with Crippen molar-refractivity contribution < 1.29 is 0 Å². The number of hydrogen-bond donors (Lipinski definition) is 1. The molecule has 0 aliphatic carbocycles. The molecule has 0 radical (unpaired) electrons. The number of rotatable bonds is 5. The average molecular weight is 470 g/mol. The van der Waals surface area contributed by atoms with Crippen molar-refractivity contribution in [2.75, 3.05) is 50.5 Å². The van der Waals surface area contributed by atoms with Crippen LogP contribution in [0, 0.1) is 6.92 Å². The Bertz CT molecular complexity index is 1500. The summed E-state index contributed by atoms with van der Waals surface area (Å²) in [6.07, 6.45) is 5.62. The molecule has 1 N–H and O–H groups in total. The third kappa shape index (κ3) is 3.83. The number of piperazine rings is 1. The van der Waals surface area contributed by atoms with Gasteiger partial charge >= 0.3 is 0 Å². The van der Waals surface area contributed by atoms with E-state index < -0.39 is 0 Å². The Labute approximate surface area is 202 Å². The van der Waals surface area contributed by atoms with E-state index in [1.165, 1.54) is 0 Å². The number of hydrogen-bond acceptors (Lipinski definition) is 9. The van der Waals surface area contributed by atoms with Crippen LogP contribution in [-0.2, 0) is 6.54 Å². The van der Waals surface area contributed by atoms with E-state index in [1.807, 2.05) is 55.2 Å². The van der Waals surface area contributed by atoms with E-state index in [1.54, 1.807) is 0 Å². The highest BCUT2D eigenvalue weighted by atomic mass is 15.3. The van der Waals surface area contributed by atoms with Gasteiger partial charge in [0.25, 0.3) is 0 Å². The molecule has 0 amide bonds. The molecule has 178 valence electrons. The number of likely N-dealkylation sites (N-methyl/N-ethyl adjacent to an activating group) is 1. The Kier molecular flexibility index (Phi) is 5.25. The van der Waals surface area contributed by atoms with Crippen molar-refractivity contribution in [1.82, 2.24) is 44.0 Å². The molecule has 0 unspecified atom stereocenters. The molecule has 1 aliphatic heterocycles. The van der Waals surface area contributed by atoms with Crippen LogP contribution in [0.5, 0.6) is 0 Å². The molecule has 0 bridgehead atoms. The third-order valence-electron chi connectivity index (χ3n) is 6.52. The van der Waals surface area contributed by atoms with Crippen molar-refractivity contribution in [3.63, 3.8) is 0 Å². The second-order valence-electron chi connectivity index (χ2n) is 8.83. The van der Waals surface area contributed by atoms with Crippen LogP contribution in [0.3, 0.4) is 0 Å². The van der Waals surface area contributed by atoms with Crippen molar-refractivity contribution in [3.8, 4) is 11.5 Å². The lowest BCUT2D eigenvalue weighted by molar-refractivity contribution is 0.312. The van der Waals surface area contributed by atoms with E-state index in [4.69, 9.17) is 15.0 Å². The normalized spacial score (nSPS) is 14.8. The van der Waals surface area contributed by atoms with Gasteiger partial charge in [-0.3, -0.25) is 9.38 Å². The van der Waals surface area contributed by atoms with Crippen LogP contribution in [0.15, 0.2) is 42.9 Å². The van der Waals surface area contributed by atoms with Gasteiger partial charge in [0.15, 0.2) is 11.6 Å². The summed E-state index contributed by atoms with van der Waals surface area (Å²) in [7, 11) is 3.99. The Morgan fingerprint density at radius 3 is 2.66 bits per heavy atom. The number of pyridine rings is 2. The van der Waals surface area contributed by atoms with Crippen LogP contribution >= 0.6 is 0 Å². The van der Waals surface area contributed by atoms with Gasteiger partial charge in [-0.1, -0.05) is 6.07 Å². The summed E-state index contributed by atoms with van der Waals surface area (Å²) in [5.41, 5.74) is 4.17. The van der Waals surface area contributed by atoms with Gasteiger partial charge < -0.3 is 19.7 Å². The first-order valence-corrected chi connectivity index (χ1v) is 11.7. The van der Waals surface area contributed by atoms with Gasteiger partial charge in [-0.25, -0.2) is 15.0 Å². The molecule has 11 nitrogen and oxygen atoms in total. The molecule has 1 aliphatic rings. The zero-order chi connectivity index (χ0) is 23.9. The number of imidazole rings is 1. The Morgan fingerprint density at radius 2 is 1.89 bits per heavy atom. The van der Waals surface area contributed by atoms with Crippen molar-refractivity contribution in [1.29, 1.82) is 0 Å². The van der Waals surface area contributed by atoms with Gasteiger partial charge in [0, 0.05) is 51.7 Å². The Hall–Kier alpha value is -4.12. The number of aryl methyl sites for hydroxylation is 1. The first kappa shape index (κ1) is 21.4. The van der Waals surface area contributed by atoms with E-state index in [0.717, 1.165) is 66.1 Å². The molecule has 0 saturated carbocycles. The maximum atomic E-state index is 4.98. The van der Waals surface area contributed by atoms with E-state index >= 15 is 0 Å². The summed E-state index contributed by atoms with van der Waals surface area (Å²) in [6.45, 7) is 6.43. The molecular formula is C24H27N11. The van der Waals surface area contributed by atoms with E-state index in [9.17, 15) is 0 Å². The fourth-order valence-corrected chi connectivity index (χ4v) is 4.52. The number of aromatic nitrogens is 8. The fraction of sp³-hybridized carbons (Fsp3) is 0.333. The predicted molar refractivity (Wildman–Crippen MR) is 135 cm³/mol. The summed E-state index contributed by atoms with van der Waals surface area (Å²) in [6, 6.07) is 8.09. The maximum Gasteiger partial charge on any atom is 0.203 e. The molecule has 35 heavy (non-hydrogen) atoms. The van der Waals surface area contributed by atoms with Gasteiger partial charge in [0.2, 0.25) is 5.65 Å². The molecule has 6 rings (SSSR count). The summed E-state index contributed by atoms with van der Waals surface area (Å²) in [5, 5.41) is 11.6. The molecule has 0 spiro atoms. The second-order valence-corrected chi connectivity index (χ2v) is 8.83. The van der Waals surface area contributed by atoms with Gasteiger partial charge in [-0.05, 0) is 26.1 Å². The molecule has 1 fully saturated rings. The minimum absolute atomic E-state index is 0.564. The SMILES string of the molecule is CNc1nc(-c2nc3cnc(N4CCN(C)CC4)cc3n2Cc2ccccn2)cn2c(C)nnc12. The summed E-state index contributed by atoms with van der Waals surface area (Å²) in [5.74, 6) is 3.14. The zero-order valence-electron chi connectivity index (χ0n) is 20.0. The van der Waals surface area contributed by atoms with Crippen molar-refractivity contribution in [2.45, 2.75) is 13.5 Å². The minimum Gasteiger partial charge on any atom is -0.370 e. The second kappa shape index (κ2) is 8.58. The molecule has 0 atom stereocenters. The lowest BCUT2D eigenvalue weighted by atomic mass is 10.3. The topological polar surface area (TPSA) is 105 Å². The number of nitrogens with one attached hydrogen (secondary N) is 1. The number of anilines is 2. The molecule has 0 aromatic carbocycles. The Balaban J connectivity index is 1.52. The molecule has 6 heterocycles. The van der Waals surface area contributed by atoms with E-state index in [0.29, 0.717) is 18.0 Å². The first-order chi connectivity index (χ1) is 17.1. The molecular weight excluding hydrogens is 442 g/mol. The van der Waals surface area contributed by atoms with Crippen molar-refractivity contribution >= 4 is 28.3 Å². The lowest BCUT2D eigenvalue weighted by Crippen LogP contribution is -2.44. The van der Waals surface area contributed by atoms with Gasteiger partial charge in [0.05, 0.1) is 24.0 Å². The van der Waals surface area contributed by atoms with Crippen molar-refractivity contribution in [3.05, 3.63) is 54.4 Å². The minimum atomic E-state index is 0.564. The summed E-state index contributed by atoms with van der Waals surface area (Å²) >= 11 is 0. The monoisotopic (exact) mass is 469 g/mol. The van der Waals surface area contributed by atoms with E-state index in [-0.39, 0.29) is 0 Å². The van der Waals surface area contributed by atoms with Gasteiger partial charge in [0.1, 0.15) is 22.9 Å². The molecule has 5 aromatic rings. The van der Waals surface area contributed by atoms with Gasteiger partial charge in [-0.2, -0.15) is 0 Å². The highest BCUT2D eigenvalue weighted by molar-refractivity contribution is 5.82. The van der Waals surface area contributed by atoms with Gasteiger partial charge in [-0.15, -0.1) is 10.2 Å². The predicted octanol–water partition coefficient (Wildman–Crippen LogP) is 2.08. The lowest BCUT2D eigenvalue weighted by Gasteiger charge is -2.33. The zero-order valence-corrected chi connectivity index (χ0v) is 20.0. The highest BCUT2D eigenvalue weighted by Crippen LogP contribution is 2.29. The first-order valence-electron chi connectivity index (χ1n) is 11.7. The fourth-order valence-electron chi connectivity index (χ4n) is 4.52.